The molecule has 0 aliphatic heterocycles. The van der Waals surface area contributed by atoms with Crippen molar-refractivity contribution in [1.29, 1.82) is 0 Å². The normalized spacial score (nSPS) is 18.4. The molecule has 16 heavy (non-hydrogen) atoms. The lowest BCUT2D eigenvalue weighted by Crippen LogP contribution is -2.24. The monoisotopic (exact) mass is 220 g/mol. The third-order valence-corrected chi connectivity index (χ3v) is 3.45. The van der Waals surface area contributed by atoms with Crippen molar-refractivity contribution >= 4 is 5.82 Å². The number of aromatic nitrogens is 1. The number of hydrogen-bond donors (Lipinski definition) is 1. The summed E-state index contributed by atoms with van der Waals surface area (Å²) in [7, 11) is 1.68. The molecule has 1 N–H and O–H groups in total. The van der Waals surface area contributed by atoms with Crippen LogP contribution in [0.1, 0.15) is 32.6 Å². The highest BCUT2D eigenvalue weighted by Gasteiger charge is 2.21. The van der Waals surface area contributed by atoms with Gasteiger partial charge in [0, 0.05) is 18.3 Å². The van der Waals surface area contributed by atoms with Gasteiger partial charge in [0.1, 0.15) is 11.6 Å². The maximum atomic E-state index is 5.18. The van der Waals surface area contributed by atoms with E-state index in [1.807, 2.05) is 12.1 Å². The van der Waals surface area contributed by atoms with E-state index < -0.39 is 0 Å². The number of ether oxygens (including phenoxy) is 1. The van der Waals surface area contributed by atoms with Crippen molar-refractivity contribution in [3.8, 4) is 5.75 Å². The Morgan fingerprint density at radius 2 is 2.19 bits per heavy atom. The number of methoxy groups -OCH3 is 1. The Morgan fingerprint density at radius 1 is 1.44 bits per heavy atom. The van der Waals surface area contributed by atoms with Crippen LogP contribution in [0, 0.1) is 5.92 Å². The van der Waals surface area contributed by atoms with Crippen LogP contribution in [0.4, 0.5) is 5.82 Å². The molecule has 88 valence electrons. The van der Waals surface area contributed by atoms with Crippen molar-refractivity contribution in [3.63, 3.8) is 0 Å². The molecule has 3 nitrogen and oxygen atoms in total. The second-order valence-corrected chi connectivity index (χ2v) is 4.56. The van der Waals surface area contributed by atoms with E-state index >= 15 is 0 Å². The second kappa shape index (κ2) is 5.19. The maximum absolute atomic E-state index is 5.18. The third kappa shape index (κ3) is 2.65. The summed E-state index contributed by atoms with van der Waals surface area (Å²) in [6.45, 7) is 2.25. The van der Waals surface area contributed by atoms with Crippen molar-refractivity contribution in [2.75, 3.05) is 12.4 Å². The lowest BCUT2D eigenvalue weighted by Gasteiger charge is -2.21. The molecule has 1 fully saturated rings. The fourth-order valence-electron chi connectivity index (χ4n) is 2.43. The van der Waals surface area contributed by atoms with Crippen LogP contribution in [-0.4, -0.2) is 18.1 Å². The molecule has 0 radical (unpaired) electrons. The van der Waals surface area contributed by atoms with Gasteiger partial charge in [-0.3, -0.25) is 0 Å². The summed E-state index contributed by atoms with van der Waals surface area (Å²) in [5.41, 5.74) is 0. The molecule has 0 saturated heterocycles. The largest absolute Gasteiger partial charge is 0.497 e. The van der Waals surface area contributed by atoms with Gasteiger partial charge < -0.3 is 10.1 Å². The Morgan fingerprint density at radius 3 is 2.88 bits per heavy atom. The van der Waals surface area contributed by atoms with Crippen LogP contribution in [-0.2, 0) is 0 Å². The molecule has 0 aromatic carbocycles. The third-order valence-electron chi connectivity index (χ3n) is 3.45. The van der Waals surface area contributed by atoms with E-state index in [4.69, 9.17) is 4.74 Å². The number of nitrogens with zero attached hydrogens (tertiary/aromatic N) is 1. The summed E-state index contributed by atoms with van der Waals surface area (Å²) in [5.74, 6) is 2.57. The first-order valence-electron chi connectivity index (χ1n) is 6.06. The zero-order chi connectivity index (χ0) is 11.4. The number of rotatable bonds is 4. The minimum atomic E-state index is 0.502. The standard InChI is InChI=1S/C13H20N2O/c1-10(11-5-3-4-6-11)15-13-9-12(16-2)7-8-14-13/h7-11H,3-6H2,1-2H3,(H,14,15). The number of nitrogens with one attached hydrogen (secondary N) is 1. The van der Waals surface area contributed by atoms with Crippen LogP contribution in [0.15, 0.2) is 18.3 Å². The highest BCUT2D eigenvalue weighted by molar-refractivity contribution is 5.41. The predicted molar refractivity (Wildman–Crippen MR) is 65.8 cm³/mol. The Bertz CT molecular complexity index is 334. The fourth-order valence-corrected chi connectivity index (χ4v) is 2.43. The molecule has 1 unspecified atom stereocenters. The number of pyridine rings is 1. The summed E-state index contributed by atoms with van der Waals surface area (Å²) < 4.78 is 5.18. The average molecular weight is 220 g/mol. The minimum Gasteiger partial charge on any atom is -0.497 e. The second-order valence-electron chi connectivity index (χ2n) is 4.56. The van der Waals surface area contributed by atoms with Crippen molar-refractivity contribution in [2.45, 2.75) is 38.6 Å². The minimum absolute atomic E-state index is 0.502. The van der Waals surface area contributed by atoms with Gasteiger partial charge in [-0.2, -0.15) is 0 Å². The molecular weight excluding hydrogens is 200 g/mol. The van der Waals surface area contributed by atoms with Crippen LogP contribution >= 0.6 is 0 Å². The van der Waals surface area contributed by atoms with Crippen LogP contribution < -0.4 is 10.1 Å². The molecule has 1 heterocycles. The fraction of sp³-hybridized carbons (Fsp3) is 0.615. The Labute approximate surface area is 97.2 Å². The van der Waals surface area contributed by atoms with E-state index in [2.05, 4.69) is 17.2 Å². The molecule has 1 aromatic heterocycles. The molecule has 1 atom stereocenters. The highest BCUT2D eigenvalue weighted by atomic mass is 16.5. The highest BCUT2D eigenvalue weighted by Crippen LogP contribution is 2.29. The smallest absolute Gasteiger partial charge is 0.129 e. The summed E-state index contributed by atoms with van der Waals surface area (Å²) in [6, 6.07) is 4.32. The molecule has 1 aliphatic carbocycles. The van der Waals surface area contributed by atoms with Gasteiger partial charge in [0.05, 0.1) is 7.11 Å². The molecule has 1 saturated carbocycles. The predicted octanol–water partition coefficient (Wildman–Crippen LogP) is 3.08. The molecule has 0 bridgehead atoms. The van der Waals surface area contributed by atoms with Gasteiger partial charge in [-0.05, 0) is 31.7 Å². The van der Waals surface area contributed by atoms with Crippen LogP contribution in [0.25, 0.3) is 0 Å². The van der Waals surface area contributed by atoms with Gasteiger partial charge >= 0.3 is 0 Å². The Balaban J connectivity index is 1.96. The van der Waals surface area contributed by atoms with Crippen molar-refractivity contribution in [1.82, 2.24) is 4.98 Å². The lowest BCUT2D eigenvalue weighted by atomic mass is 10.00. The first kappa shape index (κ1) is 11.2. The lowest BCUT2D eigenvalue weighted by molar-refractivity contribution is 0.414. The Hall–Kier alpha value is -1.25. The van der Waals surface area contributed by atoms with E-state index in [0.717, 1.165) is 17.5 Å². The van der Waals surface area contributed by atoms with Gasteiger partial charge in [0.2, 0.25) is 0 Å². The maximum Gasteiger partial charge on any atom is 0.129 e. The first-order valence-corrected chi connectivity index (χ1v) is 6.06. The molecule has 0 amide bonds. The van der Waals surface area contributed by atoms with Gasteiger partial charge in [0.15, 0.2) is 0 Å². The van der Waals surface area contributed by atoms with Crippen molar-refractivity contribution in [3.05, 3.63) is 18.3 Å². The summed E-state index contributed by atoms with van der Waals surface area (Å²) in [6.07, 6.45) is 7.23. The molecule has 3 heteroatoms. The van der Waals surface area contributed by atoms with E-state index in [-0.39, 0.29) is 0 Å². The van der Waals surface area contributed by atoms with Gasteiger partial charge in [0.25, 0.3) is 0 Å². The molecule has 1 aliphatic rings. The summed E-state index contributed by atoms with van der Waals surface area (Å²) >= 11 is 0. The van der Waals surface area contributed by atoms with E-state index in [9.17, 15) is 0 Å². The summed E-state index contributed by atoms with van der Waals surface area (Å²) in [5, 5.41) is 3.47. The average Bonchev–Trinajstić information content (AvgIpc) is 2.83. The van der Waals surface area contributed by atoms with Crippen LogP contribution in [0.3, 0.4) is 0 Å². The van der Waals surface area contributed by atoms with Crippen LogP contribution in [0.2, 0.25) is 0 Å². The van der Waals surface area contributed by atoms with E-state index in [1.165, 1.54) is 25.7 Å². The van der Waals surface area contributed by atoms with Crippen LogP contribution in [0.5, 0.6) is 5.75 Å². The molecule has 2 rings (SSSR count). The zero-order valence-electron chi connectivity index (χ0n) is 10.1. The number of anilines is 1. The topological polar surface area (TPSA) is 34.1 Å². The van der Waals surface area contributed by atoms with Gasteiger partial charge in [-0.25, -0.2) is 4.98 Å². The van der Waals surface area contributed by atoms with Gasteiger partial charge in [-0.1, -0.05) is 12.8 Å². The SMILES string of the molecule is COc1ccnc(NC(C)C2CCCC2)c1. The van der Waals surface area contributed by atoms with Gasteiger partial charge in [-0.15, -0.1) is 0 Å². The number of hydrogen-bond acceptors (Lipinski definition) is 3. The Kier molecular flexibility index (Phi) is 3.65. The zero-order valence-corrected chi connectivity index (χ0v) is 10.1. The van der Waals surface area contributed by atoms with E-state index in [0.29, 0.717) is 6.04 Å². The van der Waals surface area contributed by atoms with Crippen molar-refractivity contribution < 1.29 is 4.74 Å². The molecular formula is C13H20N2O. The molecule has 1 aromatic rings. The van der Waals surface area contributed by atoms with E-state index in [1.54, 1.807) is 13.3 Å². The molecule has 0 spiro atoms. The van der Waals surface area contributed by atoms with Crippen molar-refractivity contribution in [2.24, 2.45) is 5.92 Å². The summed E-state index contributed by atoms with van der Waals surface area (Å²) in [4.78, 5) is 4.31. The quantitative estimate of drug-likeness (QED) is 0.846. The first-order chi connectivity index (χ1) is 7.79.